The molecule has 0 saturated heterocycles. The number of hydrogen-bond donors (Lipinski definition) is 6. The predicted molar refractivity (Wildman–Crippen MR) is 65.4 cm³/mol. The summed E-state index contributed by atoms with van der Waals surface area (Å²) in [6, 6.07) is -1.84. The van der Waals surface area contributed by atoms with E-state index in [0.717, 1.165) is 0 Å². The Kier molecular flexibility index (Phi) is 8.42. The minimum absolute atomic E-state index is 0.0896. The highest BCUT2D eigenvalue weighted by Gasteiger charge is 2.23. The molecule has 0 aliphatic rings. The molecule has 0 spiro atoms. The minimum atomic E-state index is -1.09. The molecule has 19 heavy (non-hydrogen) atoms. The molecule has 2 atom stereocenters. The van der Waals surface area contributed by atoms with E-state index in [2.05, 4.69) is 10.7 Å². The smallest absolute Gasteiger partial charge is 0.303 e. The van der Waals surface area contributed by atoms with Gasteiger partial charge < -0.3 is 21.3 Å². The predicted octanol–water partition coefficient (Wildman–Crippen LogP) is -2.57. The molecular formula is C10H20N4O5. The number of amides is 2. The van der Waals surface area contributed by atoms with E-state index in [1.54, 1.807) is 0 Å². The quantitative estimate of drug-likeness (QED) is 0.188. The number of nitrogens with two attached hydrogens (primary N) is 2. The fourth-order valence-corrected chi connectivity index (χ4v) is 1.41. The number of primary amides is 1. The SMILES string of the molecule is NNC(CCCO)C(=O)NC(CCC(=O)O)C(N)=O. The maximum Gasteiger partial charge on any atom is 0.303 e. The Labute approximate surface area is 110 Å². The number of carboxylic acid groups (broad SMARTS) is 1. The highest BCUT2D eigenvalue weighted by Crippen LogP contribution is 2.01. The third kappa shape index (κ3) is 7.34. The fourth-order valence-electron chi connectivity index (χ4n) is 1.41. The third-order valence-electron chi connectivity index (χ3n) is 2.48. The molecule has 0 radical (unpaired) electrons. The first-order chi connectivity index (χ1) is 8.92. The van der Waals surface area contributed by atoms with Gasteiger partial charge in [-0.25, -0.2) is 5.43 Å². The van der Waals surface area contributed by atoms with Crippen molar-refractivity contribution in [3.63, 3.8) is 0 Å². The Bertz CT molecular complexity index is 323. The molecule has 0 aliphatic heterocycles. The van der Waals surface area contributed by atoms with Crippen LogP contribution in [0, 0.1) is 0 Å². The van der Waals surface area contributed by atoms with Crippen molar-refractivity contribution >= 4 is 17.8 Å². The van der Waals surface area contributed by atoms with Crippen molar-refractivity contribution in [1.82, 2.24) is 10.7 Å². The molecule has 8 N–H and O–H groups in total. The van der Waals surface area contributed by atoms with E-state index in [-0.39, 0.29) is 25.9 Å². The Morgan fingerprint density at radius 1 is 1.16 bits per heavy atom. The largest absolute Gasteiger partial charge is 0.481 e. The first kappa shape index (κ1) is 17.3. The second-order valence-corrected chi connectivity index (χ2v) is 3.98. The Morgan fingerprint density at radius 3 is 2.21 bits per heavy atom. The average molecular weight is 276 g/mol. The van der Waals surface area contributed by atoms with E-state index in [1.165, 1.54) is 0 Å². The summed E-state index contributed by atoms with van der Waals surface area (Å²) in [6.45, 7) is -0.0935. The molecule has 110 valence electrons. The summed E-state index contributed by atoms with van der Waals surface area (Å²) in [6.07, 6.45) is 0.265. The average Bonchev–Trinajstić information content (AvgIpc) is 2.34. The molecule has 2 amide bonds. The molecule has 0 bridgehead atoms. The van der Waals surface area contributed by atoms with Gasteiger partial charge in [-0.05, 0) is 19.3 Å². The molecule has 0 aromatic carbocycles. The van der Waals surface area contributed by atoms with E-state index in [9.17, 15) is 14.4 Å². The molecule has 2 unspecified atom stereocenters. The molecular weight excluding hydrogens is 256 g/mol. The summed E-state index contributed by atoms with van der Waals surface area (Å²) in [4.78, 5) is 33.3. The lowest BCUT2D eigenvalue weighted by atomic mass is 10.1. The molecule has 0 aromatic rings. The first-order valence-electron chi connectivity index (χ1n) is 5.80. The van der Waals surface area contributed by atoms with Gasteiger partial charge in [-0.15, -0.1) is 0 Å². The number of aliphatic carboxylic acids is 1. The molecule has 0 aromatic heterocycles. The highest BCUT2D eigenvalue weighted by atomic mass is 16.4. The number of carbonyl (C=O) groups excluding carboxylic acids is 2. The second-order valence-electron chi connectivity index (χ2n) is 3.98. The van der Waals surface area contributed by atoms with E-state index in [4.69, 9.17) is 21.8 Å². The van der Waals surface area contributed by atoms with Crippen LogP contribution in [0.2, 0.25) is 0 Å². The van der Waals surface area contributed by atoms with Crippen LogP contribution in [-0.4, -0.2) is 46.7 Å². The van der Waals surface area contributed by atoms with E-state index in [1.807, 2.05) is 0 Å². The summed E-state index contributed by atoms with van der Waals surface area (Å²) in [5.41, 5.74) is 7.33. The van der Waals surface area contributed by atoms with Gasteiger partial charge in [-0.2, -0.15) is 0 Å². The number of nitrogens with one attached hydrogen (secondary N) is 2. The number of hydrazine groups is 1. The number of rotatable bonds is 10. The number of aliphatic hydroxyl groups is 1. The van der Waals surface area contributed by atoms with Crippen LogP contribution in [0.4, 0.5) is 0 Å². The zero-order valence-corrected chi connectivity index (χ0v) is 10.5. The van der Waals surface area contributed by atoms with Crippen molar-refractivity contribution in [3.05, 3.63) is 0 Å². The number of carboxylic acids is 1. The van der Waals surface area contributed by atoms with Gasteiger partial charge in [0.2, 0.25) is 11.8 Å². The fraction of sp³-hybridized carbons (Fsp3) is 0.700. The van der Waals surface area contributed by atoms with Crippen LogP contribution in [0.5, 0.6) is 0 Å². The molecule has 9 heteroatoms. The van der Waals surface area contributed by atoms with Gasteiger partial charge in [0.25, 0.3) is 0 Å². The van der Waals surface area contributed by atoms with Crippen molar-refractivity contribution in [3.8, 4) is 0 Å². The van der Waals surface area contributed by atoms with Crippen LogP contribution in [0.25, 0.3) is 0 Å². The van der Waals surface area contributed by atoms with Gasteiger partial charge in [-0.3, -0.25) is 20.2 Å². The maximum absolute atomic E-state index is 11.7. The highest BCUT2D eigenvalue weighted by molar-refractivity contribution is 5.89. The van der Waals surface area contributed by atoms with Crippen LogP contribution in [0.1, 0.15) is 25.7 Å². The van der Waals surface area contributed by atoms with Crippen molar-refractivity contribution in [1.29, 1.82) is 0 Å². The Morgan fingerprint density at radius 2 is 1.79 bits per heavy atom. The van der Waals surface area contributed by atoms with E-state index >= 15 is 0 Å². The Hall–Kier alpha value is -1.71. The normalized spacial score (nSPS) is 13.6. The maximum atomic E-state index is 11.7. The lowest BCUT2D eigenvalue weighted by Crippen LogP contribution is -2.53. The Balaban J connectivity index is 4.42. The first-order valence-corrected chi connectivity index (χ1v) is 5.80. The summed E-state index contributed by atoms with van der Waals surface area (Å²) >= 11 is 0. The molecule has 0 aliphatic carbocycles. The number of hydrogen-bond acceptors (Lipinski definition) is 6. The second kappa shape index (κ2) is 9.25. The topological polar surface area (TPSA) is 168 Å². The monoisotopic (exact) mass is 276 g/mol. The van der Waals surface area contributed by atoms with E-state index in [0.29, 0.717) is 6.42 Å². The van der Waals surface area contributed by atoms with Crippen molar-refractivity contribution in [2.45, 2.75) is 37.8 Å². The van der Waals surface area contributed by atoms with Crippen LogP contribution in [0.15, 0.2) is 0 Å². The van der Waals surface area contributed by atoms with Crippen molar-refractivity contribution in [2.24, 2.45) is 11.6 Å². The van der Waals surface area contributed by atoms with E-state index < -0.39 is 29.9 Å². The zero-order valence-electron chi connectivity index (χ0n) is 10.5. The summed E-state index contributed by atoms with van der Waals surface area (Å²) < 4.78 is 0. The molecule has 0 rings (SSSR count). The summed E-state index contributed by atoms with van der Waals surface area (Å²) in [5.74, 6) is 2.72. The lowest BCUT2D eigenvalue weighted by molar-refractivity contribution is -0.137. The van der Waals surface area contributed by atoms with Gasteiger partial charge in [0.15, 0.2) is 0 Å². The van der Waals surface area contributed by atoms with Gasteiger partial charge in [0, 0.05) is 13.0 Å². The number of carbonyl (C=O) groups is 3. The minimum Gasteiger partial charge on any atom is -0.481 e. The zero-order chi connectivity index (χ0) is 14.8. The molecule has 9 nitrogen and oxygen atoms in total. The van der Waals surface area contributed by atoms with Crippen LogP contribution < -0.4 is 22.3 Å². The van der Waals surface area contributed by atoms with Gasteiger partial charge >= 0.3 is 5.97 Å². The summed E-state index contributed by atoms with van der Waals surface area (Å²) in [5, 5.41) is 19.5. The molecule has 0 fully saturated rings. The third-order valence-corrected chi connectivity index (χ3v) is 2.48. The van der Waals surface area contributed by atoms with Crippen LogP contribution in [0.3, 0.4) is 0 Å². The van der Waals surface area contributed by atoms with Crippen molar-refractivity contribution < 1.29 is 24.6 Å². The van der Waals surface area contributed by atoms with Crippen LogP contribution >= 0.6 is 0 Å². The lowest BCUT2D eigenvalue weighted by Gasteiger charge is -2.19. The summed E-state index contributed by atoms with van der Waals surface area (Å²) in [7, 11) is 0. The number of aliphatic hydroxyl groups excluding tert-OH is 1. The van der Waals surface area contributed by atoms with Gasteiger partial charge in [0.05, 0.1) is 6.04 Å². The standard InChI is InChI=1S/C10H20N4O5/c11-9(18)6(3-4-8(16)17)13-10(19)7(14-12)2-1-5-15/h6-7,14-15H,1-5,12H2,(H2,11,18)(H,13,19)(H,16,17). The van der Waals surface area contributed by atoms with Crippen LogP contribution in [-0.2, 0) is 14.4 Å². The molecule has 0 saturated carbocycles. The van der Waals surface area contributed by atoms with Crippen molar-refractivity contribution in [2.75, 3.05) is 6.61 Å². The van der Waals surface area contributed by atoms with Gasteiger partial charge in [0.1, 0.15) is 6.04 Å². The molecule has 0 heterocycles. The van der Waals surface area contributed by atoms with Gasteiger partial charge in [-0.1, -0.05) is 0 Å².